The van der Waals surface area contributed by atoms with E-state index in [1.165, 1.54) is 27.0 Å². The molecule has 0 spiro atoms. The maximum atomic E-state index is 12.4. The van der Waals surface area contributed by atoms with Crippen LogP contribution in [0.5, 0.6) is 0 Å². The number of nitrogens with zero attached hydrogens (tertiary/aromatic N) is 2. The van der Waals surface area contributed by atoms with Crippen molar-refractivity contribution in [2.75, 3.05) is 13.6 Å². The fraction of sp³-hybridized carbons (Fsp3) is 0.333. The molecule has 0 saturated heterocycles. The SMILES string of the molecule is C=CC(=O)N1Cc2sc(C)cc2[C@H](c2ccccc2/C(C=NC)=C(/N)C2CC2)C1. The fourth-order valence-electron chi connectivity index (χ4n) is 4.21. The van der Waals surface area contributed by atoms with E-state index in [4.69, 9.17) is 5.73 Å². The molecule has 1 atom stereocenters. The van der Waals surface area contributed by atoms with E-state index in [1.54, 1.807) is 18.4 Å². The lowest BCUT2D eigenvalue weighted by molar-refractivity contribution is -0.127. The molecule has 4 nitrogen and oxygen atoms in total. The molecule has 2 aliphatic rings. The predicted molar refractivity (Wildman–Crippen MR) is 121 cm³/mol. The van der Waals surface area contributed by atoms with Crippen LogP contribution in [0, 0.1) is 12.8 Å². The smallest absolute Gasteiger partial charge is 0.246 e. The summed E-state index contributed by atoms with van der Waals surface area (Å²) in [5.41, 5.74) is 12.1. The van der Waals surface area contributed by atoms with Gasteiger partial charge < -0.3 is 10.6 Å². The number of benzene rings is 1. The summed E-state index contributed by atoms with van der Waals surface area (Å²) in [6.45, 7) is 7.11. The standard InChI is InChI=1S/C24H27N3OS/c1-4-23(28)27-13-21(19-11-15(2)29-22(19)14-27)18-8-6-5-7-17(18)20(12-26-3)24(25)16-9-10-16/h4-8,11-12,16,21H,1,9-10,13-14,25H2,2-3H3/b24-20+,26-12?/t21-/m0/s1. The van der Waals surface area contributed by atoms with Crippen LogP contribution in [-0.4, -0.2) is 30.6 Å². The summed E-state index contributed by atoms with van der Waals surface area (Å²) >= 11 is 1.77. The maximum absolute atomic E-state index is 12.4. The van der Waals surface area contributed by atoms with Gasteiger partial charge in [0.25, 0.3) is 0 Å². The molecule has 2 N–H and O–H groups in total. The molecule has 0 bridgehead atoms. The van der Waals surface area contributed by atoms with Crippen LogP contribution in [0.2, 0.25) is 0 Å². The zero-order valence-electron chi connectivity index (χ0n) is 17.0. The summed E-state index contributed by atoms with van der Waals surface area (Å²) in [6.07, 6.45) is 5.60. The van der Waals surface area contributed by atoms with E-state index in [9.17, 15) is 4.79 Å². The Labute approximate surface area is 176 Å². The molecule has 0 unspecified atom stereocenters. The lowest BCUT2D eigenvalue weighted by atomic mass is 9.83. The first-order chi connectivity index (χ1) is 14.0. The van der Waals surface area contributed by atoms with Crippen molar-refractivity contribution in [1.29, 1.82) is 0 Å². The van der Waals surface area contributed by atoms with E-state index < -0.39 is 0 Å². The van der Waals surface area contributed by atoms with E-state index >= 15 is 0 Å². The number of hydrogen-bond acceptors (Lipinski definition) is 4. The molecule has 1 aliphatic heterocycles. The van der Waals surface area contributed by atoms with Gasteiger partial charge in [-0.25, -0.2) is 0 Å². The van der Waals surface area contributed by atoms with E-state index in [0.717, 1.165) is 29.7 Å². The molecule has 1 amide bonds. The Bertz CT molecular complexity index is 1010. The van der Waals surface area contributed by atoms with Gasteiger partial charge in [0.15, 0.2) is 0 Å². The Kier molecular flexibility index (Phi) is 5.41. The number of fused-ring (bicyclic) bond motifs is 1. The first kappa shape index (κ1) is 19.6. The monoisotopic (exact) mass is 405 g/mol. The lowest BCUT2D eigenvalue weighted by Gasteiger charge is -2.33. The number of rotatable bonds is 5. The summed E-state index contributed by atoms with van der Waals surface area (Å²) in [7, 11) is 1.79. The fourth-order valence-corrected chi connectivity index (χ4v) is 5.32. The van der Waals surface area contributed by atoms with Gasteiger partial charge in [-0.1, -0.05) is 30.8 Å². The minimum absolute atomic E-state index is 0.0208. The van der Waals surface area contributed by atoms with E-state index in [2.05, 4.69) is 48.8 Å². The summed E-state index contributed by atoms with van der Waals surface area (Å²) in [4.78, 5) is 21.2. The van der Waals surface area contributed by atoms with Gasteiger partial charge in [0.1, 0.15) is 0 Å². The average molecular weight is 406 g/mol. The Balaban J connectivity index is 1.85. The molecule has 2 aromatic rings. The normalized spacial score (nSPS) is 19.8. The largest absolute Gasteiger partial charge is 0.401 e. The second-order valence-electron chi connectivity index (χ2n) is 7.83. The zero-order chi connectivity index (χ0) is 20.5. The van der Waals surface area contributed by atoms with Crippen LogP contribution in [-0.2, 0) is 11.3 Å². The average Bonchev–Trinajstić information content (AvgIpc) is 3.51. The number of amides is 1. The van der Waals surface area contributed by atoms with Crippen LogP contribution < -0.4 is 5.73 Å². The Morgan fingerprint density at radius 2 is 2.07 bits per heavy atom. The van der Waals surface area contributed by atoms with Gasteiger partial charge in [0, 0.05) is 46.7 Å². The van der Waals surface area contributed by atoms with Crippen molar-refractivity contribution in [2.45, 2.75) is 32.2 Å². The third-order valence-corrected chi connectivity index (χ3v) is 6.83. The molecule has 0 radical (unpaired) electrons. The van der Waals surface area contributed by atoms with Crippen molar-refractivity contribution in [3.8, 4) is 0 Å². The molecule has 2 heterocycles. The summed E-state index contributed by atoms with van der Waals surface area (Å²) in [5.74, 6) is 0.545. The van der Waals surface area contributed by atoms with Crippen LogP contribution in [0.1, 0.15) is 45.2 Å². The first-order valence-corrected chi connectivity index (χ1v) is 10.9. The highest BCUT2D eigenvalue weighted by Crippen LogP contribution is 2.42. The molecule has 5 heteroatoms. The number of allylic oxidation sites excluding steroid dienone is 2. The number of carbonyl (C=O) groups excluding carboxylic acids is 1. The highest BCUT2D eigenvalue weighted by atomic mass is 32.1. The quantitative estimate of drug-likeness (QED) is 0.588. The van der Waals surface area contributed by atoms with Crippen molar-refractivity contribution in [3.05, 3.63) is 75.1 Å². The van der Waals surface area contributed by atoms with Gasteiger partial charge >= 0.3 is 0 Å². The highest BCUT2D eigenvalue weighted by molar-refractivity contribution is 7.12. The van der Waals surface area contributed by atoms with Crippen molar-refractivity contribution < 1.29 is 4.79 Å². The second kappa shape index (κ2) is 7.99. The summed E-state index contributed by atoms with van der Waals surface area (Å²) in [6, 6.07) is 10.7. The molecular formula is C24H27N3OS. The van der Waals surface area contributed by atoms with Gasteiger partial charge in [-0.2, -0.15) is 0 Å². The van der Waals surface area contributed by atoms with E-state index in [1.807, 2.05) is 11.1 Å². The van der Waals surface area contributed by atoms with Crippen molar-refractivity contribution >= 4 is 29.0 Å². The van der Waals surface area contributed by atoms with E-state index in [0.29, 0.717) is 19.0 Å². The molecule has 1 aromatic carbocycles. The Hall–Kier alpha value is -2.66. The second-order valence-corrected chi connectivity index (χ2v) is 9.17. The van der Waals surface area contributed by atoms with Gasteiger partial charge in [-0.3, -0.25) is 9.79 Å². The topological polar surface area (TPSA) is 58.7 Å². The molecule has 1 aromatic heterocycles. The molecular weight excluding hydrogens is 378 g/mol. The van der Waals surface area contributed by atoms with Gasteiger partial charge in [0.05, 0.1) is 6.54 Å². The number of aliphatic imine (C=N–C) groups is 1. The summed E-state index contributed by atoms with van der Waals surface area (Å²) < 4.78 is 0. The number of thiophene rings is 1. The predicted octanol–water partition coefficient (Wildman–Crippen LogP) is 4.50. The number of carbonyl (C=O) groups is 1. The van der Waals surface area contributed by atoms with Crippen LogP contribution in [0.25, 0.3) is 5.57 Å². The maximum Gasteiger partial charge on any atom is 0.246 e. The Morgan fingerprint density at radius 3 is 2.76 bits per heavy atom. The minimum Gasteiger partial charge on any atom is -0.401 e. The minimum atomic E-state index is -0.0208. The third kappa shape index (κ3) is 3.79. The van der Waals surface area contributed by atoms with Crippen LogP contribution in [0.4, 0.5) is 0 Å². The lowest BCUT2D eigenvalue weighted by Crippen LogP contribution is -2.37. The van der Waals surface area contributed by atoms with Crippen LogP contribution in [0.15, 0.2) is 53.7 Å². The number of nitrogens with two attached hydrogens (primary N) is 1. The Morgan fingerprint density at radius 1 is 1.31 bits per heavy atom. The van der Waals surface area contributed by atoms with Crippen LogP contribution >= 0.6 is 11.3 Å². The molecule has 150 valence electrons. The summed E-state index contributed by atoms with van der Waals surface area (Å²) in [5, 5.41) is 0. The van der Waals surface area contributed by atoms with Gasteiger partial charge in [-0.05, 0) is 54.5 Å². The van der Waals surface area contributed by atoms with Crippen molar-refractivity contribution in [1.82, 2.24) is 4.90 Å². The van der Waals surface area contributed by atoms with Crippen LogP contribution in [0.3, 0.4) is 0 Å². The van der Waals surface area contributed by atoms with Gasteiger partial charge in [-0.15, -0.1) is 11.3 Å². The highest BCUT2D eigenvalue weighted by Gasteiger charge is 2.33. The van der Waals surface area contributed by atoms with E-state index in [-0.39, 0.29) is 11.8 Å². The van der Waals surface area contributed by atoms with Gasteiger partial charge in [0.2, 0.25) is 5.91 Å². The van der Waals surface area contributed by atoms with Crippen molar-refractivity contribution in [2.24, 2.45) is 16.6 Å². The number of aryl methyl sites for hydroxylation is 1. The molecule has 1 aliphatic carbocycles. The molecule has 29 heavy (non-hydrogen) atoms. The molecule has 1 saturated carbocycles. The number of hydrogen-bond donors (Lipinski definition) is 1. The third-order valence-electron chi connectivity index (χ3n) is 5.78. The van der Waals surface area contributed by atoms with Crippen molar-refractivity contribution in [3.63, 3.8) is 0 Å². The first-order valence-electron chi connectivity index (χ1n) is 10.0. The molecule has 1 fully saturated rings. The zero-order valence-corrected chi connectivity index (χ0v) is 17.8. The molecule has 4 rings (SSSR count).